The van der Waals surface area contributed by atoms with Gasteiger partial charge in [-0.05, 0) is 30.6 Å². The number of hydrogen-bond donors (Lipinski definition) is 4. The molecule has 9 heteroatoms. The number of benzene rings is 1. The minimum absolute atomic E-state index is 0.0201. The second kappa shape index (κ2) is 27.8. The van der Waals surface area contributed by atoms with Crippen LogP contribution in [0.25, 0.3) is 6.08 Å². The first-order valence-electron chi connectivity index (χ1n) is 9.24. The van der Waals surface area contributed by atoms with Crippen molar-refractivity contribution in [2.75, 3.05) is 6.61 Å². The summed E-state index contributed by atoms with van der Waals surface area (Å²) in [4.78, 5) is 38.7. The van der Waals surface area contributed by atoms with Crippen LogP contribution in [0, 0.1) is 0 Å². The van der Waals surface area contributed by atoms with Crippen LogP contribution in [0.4, 0.5) is 0 Å². The van der Waals surface area contributed by atoms with Crippen LogP contribution in [0.1, 0.15) is 25.3 Å². The molecule has 33 heavy (non-hydrogen) atoms. The van der Waals surface area contributed by atoms with E-state index < -0.39 is 17.8 Å². The Morgan fingerprint density at radius 1 is 0.970 bits per heavy atom. The number of aliphatic hydroxyl groups is 1. The Balaban J connectivity index is -0.000000163. The highest BCUT2D eigenvalue weighted by molar-refractivity contribution is 5.85. The van der Waals surface area contributed by atoms with Crippen molar-refractivity contribution in [2.24, 2.45) is 11.5 Å². The molecule has 0 aromatic heterocycles. The molecule has 0 saturated heterocycles. The number of esters is 1. The second-order valence-electron chi connectivity index (χ2n) is 5.34. The van der Waals surface area contributed by atoms with Crippen molar-refractivity contribution in [3.63, 3.8) is 0 Å². The van der Waals surface area contributed by atoms with Gasteiger partial charge in [0.05, 0.1) is 6.26 Å². The first-order chi connectivity index (χ1) is 15.4. The molecule has 0 unspecified atom stereocenters. The summed E-state index contributed by atoms with van der Waals surface area (Å²) in [5, 5.41) is 16.5. The highest BCUT2D eigenvalue weighted by Crippen LogP contribution is 2.00. The lowest BCUT2D eigenvalue weighted by molar-refractivity contribution is -0.135. The molecule has 0 spiro atoms. The van der Waals surface area contributed by atoms with Gasteiger partial charge in [0.1, 0.15) is 0 Å². The van der Waals surface area contributed by atoms with Gasteiger partial charge in [0.25, 0.3) is 0 Å². The molecule has 0 fully saturated rings. The molecule has 0 aliphatic rings. The lowest BCUT2D eigenvalue weighted by Gasteiger charge is -1.94. The summed E-state index contributed by atoms with van der Waals surface area (Å²) in [5.41, 5.74) is 10.4. The Hall–Kier alpha value is -4.24. The number of carbonyl (C=O) groups is 4. The zero-order chi connectivity index (χ0) is 26.7. The van der Waals surface area contributed by atoms with E-state index in [0.717, 1.165) is 18.4 Å². The third kappa shape index (κ3) is 42.7. The van der Waals surface area contributed by atoms with Crippen molar-refractivity contribution in [2.45, 2.75) is 19.8 Å². The van der Waals surface area contributed by atoms with E-state index in [1.165, 1.54) is 12.5 Å². The Kier molecular flexibility index (Phi) is 30.4. The highest BCUT2D eigenvalue weighted by Gasteiger charge is 2.00. The van der Waals surface area contributed by atoms with Gasteiger partial charge < -0.3 is 26.4 Å². The Morgan fingerprint density at radius 3 is 1.58 bits per heavy atom. The van der Waals surface area contributed by atoms with Crippen LogP contribution in [-0.4, -0.2) is 40.6 Å². The first-order valence-corrected chi connectivity index (χ1v) is 9.24. The summed E-state index contributed by atoms with van der Waals surface area (Å²) >= 11 is 0. The highest BCUT2D eigenvalue weighted by atomic mass is 16.5. The minimum atomic E-state index is -0.983. The molecule has 6 N–H and O–H groups in total. The van der Waals surface area contributed by atoms with Gasteiger partial charge in [-0.1, -0.05) is 69.3 Å². The van der Waals surface area contributed by atoms with Crippen LogP contribution < -0.4 is 11.5 Å². The zero-order valence-corrected chi connectivity index (χ0v) is 18.9. The molecule has 9 nitrogen and oxygen atoms in total. The van der Waals surface area contributed by atoms with Crippen molar-refractivity contribution >= 4 is 29.8 Å². The summed E-state index contributed by atoms with van der Waals surface area (Å²) in [6.45, 7) is 17.6. The van der Waals surface area contributed by atoms with Crippen molar-refractivity contribution in [1.29, 1.82) is 0 Å². The van der Waals surface area contributed by atoms with Gasteiger partial charge in [-0.3, -0.25) is 14.4 Å². The smallest absolute Gasteiger partial charge is 0.330 e. The van der Waals surface area contributed by atoms with Crippen LogP contribution in [0.3, 0.4) is 0 Å². The van der Waals surface area contributed by atoms with Crippen molar-refractivity contribution < 1.29 is 34.1 Å². The second-order valence-corrected chi connectivity index (χ2v) is 5.34. The number of amides is 2. The topological polar surface area (TPSA) is 170 Å². The Labute approximate surface area is 195 Å². The molecule has 1 aromatic carbocycles. The first kappa shape index (κ1) is 36.2. The molecular weight excluding hydrogens is 428 g/mol. The molecule has 0 heterocycles. The Bertz CT molecular complexity index is 739. The summed E-state index contributed by atoms with van der Waals surface area (Å²) in [5.74, 6) is -2.27. The fourth-order valence-electron chi connectivity index (χ4n) is 1.11. The van der Waals surface area contributed by atoms with E-state index in [1.54, 1.807) is 0 Å². The van der Waals surface area contributed by atoms with E-state index in [-0.39, 0.29) is 18.1 Å². The fourth-order valence-corrected chi connectivity index (χ4v) is 1.11. The average molecular weight is 463 g/mol. The van der Waals surface area contributed by atoms with Gasteiger partial charge in [-0.2, -0.15) is 0 Å². The maximum absolute atomic E-state index is 10.0. The van der Waals surface area contributed by atoms with Gasteiger partial charge in [0.15, 0.2) is 0 Å². The van der Waals surface area contributed by atoms with Crippen molar-refractivity contribution in [3.8, 4) is 0 Å². The largest absolute Gasteiger partial charge is 0.478 e. The number of carboxylic acids is 1. The van der Waals surface area contributed by atoms with Crippen LogP contribution in [0.2, 0.25) is 0 Å². The van der Waals surface area contributed by atoms with Gasteiger partial charge >= 0.3 is 11.9 Å². The van der Waals surface area contributed by atoms with Crippen LogP contribution >= 0.6 is 0 Å². The van der Waals surface area contributed by atoms with E-state index in [2.05, 4.69) is 49.1 Å². The van der Waals surface area contributed by atoms with Crippen molar-refractivity contribution in [3.05, 3.63) is 92.8 Å². The fraction of sp³-hybridized carbons (Fsp3) is 0.167. The van der Waals surface area contributed by atoms with Gasteiger partial charge in [0, 0.05) is 19.1 Å². The minimum Gasteiger partial charge on any atom is -0.478 e. The molecule has 0 bridgehead atoms. The standard InChI is InChI=1S/C8H8.C6H10O3.C4H6O2.2C3H5NO/c1-2-8-6-4-3-5-7-8;1-5(6(8)9)3-2-4-7;1-3-6-4(2)5;2*1-2-3(4)5/h2-7H,1H2;7H,1-4H2,(H,8,9);3H,1H2,2H3;2*2H,1H2,(H2,4,5). The van der Waals surface area contributed by atoms with Crippen LogP contribution in [0.15, 0.2) is 87.2 Å². The average Bonchev–Trinajstić information content (AvgIpc) is 2.79. The van der Waals surface area contributed by atoms with Gasteiger partial charge in [0.2, 0.25) is 11.8 Å². The van der Waals surface area contributed by atoms with E-state index in [0.29, 0.717) is 12.8 Å². The molecular formula is C24H34N2O7. The summed E-state index contributed by atoms with van der Waals surface area (Å²) in [6, 6.07) is 10.0. The lowest BCUT2D eigenvalue weighted by atomic mass is 10.2. The number of primary amides is 2. The summed E-state index contributed by atoms with van der Waals surface area (Å²) in [7, 11) is 0. The zero-order valence-electron chi connectivity index (χ0n) is 18.9. The predicted octanol–water partition coefficient (Wildman–Crippen LogP) is 2.74. The number of hydrogen-bond acceptors (Lipinski definition) is 6. The lowest BCUT2D eigenvalue weighted by Crippen LogP contribution is -2.04. The molecule has 1 rings (SSSR count). The molecule has 0 atom stereocenters. The molecule has 0 aliphatic carbocycles. The number of carbonyl (C=O) groups excluding carboxylic acids is 3. The number of nitrogens with two attached hydrogens (primary N) is 2. The maximum atomic E-state index is 10.0. The van der Waals surface area contributed by atoms with E-state index in [4.69, 9.17) is 10.2 Å². The molecule has 2 amide bonds. The van der Waals surface area contributed by atoms with Crippen molar-refractivity contribution in [1.82, 2.24) is 0 Å². The molecule has 0 radical (unpaired) electrons. The molecule has 0 aliphatic heterocycles. The SMILES string of the molecule is C=C(CCCO)C(=O)O.C=CC(N)=O.C=CC(N)=O.C=COC(C)=O.C=Cc1ccccc1. The van der Waals surface area contributed by atoms with Gasteiger partial charge in [-0.25, -0.2) is 4.79 Å². The quantitative estimate of drug-likeness (QED) is 0.261. The number of ether oxygens (including phenoxy) is 1. The van der Waals surface area contributed by atoms with Crippen LogP contribution in [-0.2, 0) is 23.9 Å². The third-order valence-corrected chi connectivity index (χ3v) is 2.63. The normalized spacial score (nSPS) is 7.70. The van der Waals surface area contributed by atoms with Crippen LogP contribution in [0.5, 0.6) is 0 Å². The van der Waals surface area contributed by atoms with E-state index >= 15 is 0 Å². The predicted molar refractivity (Wildman–Crippen MR) is 130 cm³/mol. The molecule has 1 aromatic rings. The Morgan fingerprint density at radius 2 is 1.39 bits per heavy atom. The third-order valence-electron chi connectivity index (χ3n) is 2.63. The molecule has 0 saturated carbocycles. The molecule has 182 valence electrons. The monoisotopic (exact) mass is 462 g/mol. The number of carboxylic acid groups (broad SMARTS) is 1. The van der Waals surface area contributed by atoms with Gasteiger partial charge in [-0.15, -0.1) is 0 Å². The maximum Gasteiger partial charge on any atom is 0.330 e. The number of aliphatic hydroxyl groups excluding tert-OH is 1. The van der Waals surface area contributed by atoms with E-state index in [1.807, 2.05) is 36.4 Å². The summed E-state index contributed by atoms with van der Waals surface area (Å²) in [6.07, 6.45) is 5.89. The summed E-state index contributed by atoms with van der Waals surface area (Å²) < 4.78 is 4.17. The number of rotatable bonds is 8. The number of aliphatic carboxylic acids is 1. The van der Waals surface area contributed by atoms with E-state index in [9.17, 15) is 19.2 Å².